The Kier molecular flexibility index (Phi) is 27.5. The van der Waals surface area contributed by atoms with Crippen LogP contribution in [0.1, 0.15) is 91.5 Å². The Morgan fingerprint density at radius 1 is 0.882 bits per heavy atom. The van der Waals surface area contributed by atoms with E-state index in [2.05, 4.69) is 49.5 Å². The van der Waals surface area contributed by atoms with Crippen molar-refractivity contribution < 1.29 is 48.3 Å². The number of nitrogens with two attached hydrogens (primary N) is 4. The fourth-order valence-electron chi connectivity index (χ4n) is 9.04. The molecule has 0 saturated carbocycles. The van der Waals surface area contributed by atoms with Crippen molar-refractivity contribution in [2.45, 2.75) is 146 Å². The highest BCUT2D eigenvalue weighted by atomic mass is 32.2. The van der Waals surface area contributed by atoms with Crippen LogP contribution in [0.15, 0.2) is 34.3 Å². The molecule has 1 unspecified atom stereocenters. The minimum absolute atomic E-state index is 0.00932. The number of hydrogen-bond acceptors (Lipinski definition) is 20. The quantitative estimate of drug-likeness (QED) is 0.00671. The van der Waals surface area contributed by atoms with Crippen LogP contribution in [0.2, 0.25) is 0 Å². The van der Waals surface area contributed by atoms with Crippen LogP contribution in [-0.2, 0) is 49.6 Å². The second kappa shape index (κ2) is 32.2. The maximum Gasteiger partial charge on any atom is 0.242 e. The van der Waals surface area contributed by atoms with Gasteiger partial charge in [-0.2, -0.15) is 34.6 Å². The molecule has 1 aromatic carbocycles. The number of carbonyl (C=O) groups excluding carboxylic acids is 9. The summed E-state index contributed by atoms with van der Waals surface area (Å²) in [5, 5.41) is 19.7. The highest BCUT2D eigenvalue weighted by Crippen LogP contribution is 2.39. The molecule has 9 atom stereocenters. The molecular formula is C49H81N15O10S2. The third-order valence-corrected chi connectivity index (χ3v) is 14.1. The van der Waals surface area contributed by atoms with Crippen LogP contribution >= 0.6 is 24.4 Å². The number of nitrogens with zero attached hydrogens (tertiary/aromatic N) is 6. The predicted octanol–water partition coefficient (Wildman–Crippen LogP) is -1.73. The van der Waals surface area contributed by atoms with Crippen LogP contribution in [0.3, 0.4) is 0 Å². The van der Waals surface area contributed by atoms with E-state index in [1.165, 1.54) is 46.0 Å². The molecule has 2 heterocycles. The molecule has 0 aliphatic carbocycles. The van der Waals surface area contributed by atoms with Crippen molar-refractivity contribution in [3.05, 3.63) is 29.8 Å². The molecule has 1 aromatic rings. The number of guanidine groups is 2. The molecule has 76 heavy (non-hydrogen) atoms. The van der Waals surface area contributed by atoms with Crippen molar-refractivity contribution in [2.75, 3.05) is 43.9 Å². The molecule has 2 saturated heterocycles. The summed E-state index contributed by atoms with van der Waals surface area (Å²) in [5.41, 5.74) is 29.7. The summed E-state index contributed by atoms with van der Waals surface area (Å²) in [6.07, 6.45) is 6.37. The summed E-state index contributed by atoms with van der Waals surface area (Å²) >= 11 is 5.88. The number of thioether (sulfide) groups is 1. The standard InChI is InChI=1S/C49H81N15O10S2/c1-30(2)22-35(27-67)63(56-24-42(70)57-33(25-65)10-7-18-54-47(50)51)59-37(17-21-76-6)46(74)62-41(29-75)44(72)49(62,5)43(71)40-12-9-20-61(40)64(34(26-66)11-8-19-55-48(52)53)60-38(23-32-13-15-36(69)16-14-32)45(73)58-39(28-68)31(3)4/h13-16,25-28,30-31,33-35,37-41,56,59-60,69,75H,7-12,17-24,29H2,1-6H3,(H,57,70)(H,58,73)(H4,50,51,54)(H4,52,53,55)/t33-,34+,35+,37+,38+,39+,40+,41+,49?/m1/s1. The number of thiol groups is 1. The number of Topliss-reactive ketones (excluding diaryl/α,β-unsaturated/α-hetero) is 2. The average molecular weight is 1100 g/mol. The third-order valence-electron chi connectivity index (χ3n) is 13.1. The van der Waals surface area contributed by atoms with Crippen molar-refractivity contribution in [3.8, 4) is 5.75 Å². The van der Waals surface area contributed by atoms with Gasteiger partial charge in [0.15, 0.2) is 29.0 Å². The van der Waals surface area contributed by atoms with Gasteiger partial charge in [0.05, 0.1) is 36.8 Å². The molecule has 0 radical (unpaired) electrons. The molecule has 0 spiro atoms. The number of amides is 3. The van der Waals surface area contributed by atoms with E-state index in [-0.39, 0.29) is 99.8 Å². The molecule has 2 aliphatic rings. The molecule has 2 aliphatic heterocycles. The molecule has 25 nitrogen and oxygen atoms in total. The number of hydrazine groups is 4. The van der Waals surface area contributed by atoms with E-state index in [1.54, 1.807) is 31.0 Å². The van der Waals surface area contributed by atoms with Crippen molar-refractivity contribution in [2.24, 2.45) is 44.8 Å². The zero-order valence-electron chi connectivity index (χ0n) is 44.5. The molecule has 3 amide bonds. The summed E-state index contributed by atoms with van der Waals surface area (Å²) in [4.78, 5) is 132. The van der Waals surface area contributed by atoms with Gasteiger partial charge >= 0.3 is 0 Å². The first kappa shape index (κ1) is 64.7. The SMILES string of the molecule is CSCC[C@H](NN(NCC(=O)N[C@@H](C=O)CCCN=C(N)N)[C@H](C=O)CC(C)C)C(=O)N1[C@@H](CS)C(=O)C1(C)C(=O)[C@@H]1CCCN1N(N[C@@H](Cc1ccc(O)cc1)C(=O)N[C@@H](C=O)C(C)C)[C@H](C=O)CCCN=C(N)N. The molecule has 0 bridgehead atoms. The average Bonchev–Trinajstić information content (AvgIpc) is 3.88. The van der Waals surface area contributed by atoms with E-state index in [0.29, 0.717) is 49.3 Å². The second-order valence-corrected chi connectivity index (χ2v) is 21.1. The van der Waals surface area contributed by atoms with E-state index in [9.17, 15) is 38.7 Å². The van der Waals surface area contributed by atoms with Crippen molar-refractivity contribution in [1.82, 2.24) is 47.1 Å². The largest absolute Gasteiger partial charge is 0.508 e. The molecule has 27 heteroatoms. The van der Waals surface area contributed by atoms with Crippen LogP contribution in [0.25, 0.3) is 0 Å². The highest BCUT2D eigenvalue weighted by molar-refractivity contribution is 7.98. The summed E-state index contributed by atoms with van der Waals surface area (Å²) < 4.78 is 0. The van der Waals surface area contributed by atoms with E-state index < -0.39 is 89.7 Å². The van der Waals surface area contributed by atoms with Gasteiger partial charge in [-0.1, -0.05) is 39.8 Å². The number of carbonyl (C=O) groups is 9. The molecule has 0 aromatic heterocycles. The number of ketones is 2. The minimum atomic E-state index is -2.07. The number of phenols is 1. The summed E-state index contributed by atoms with van der Waals surface area (Å²) in [5.74, 6) is -3.44. The number of nitrogens with one attached hydrogen (secondary N) is 5. The molecule has 14 N–H and O–H groups in total. The van der Waals surface area contributed by atoms with Gasteiger partial charge in [-0.25, -0.2) is 21.3 Å². The Morgan fingerprint density at radius 2 is 1.51 bits per heavy atom. The third kappa shape index (κ3) is 18.6. The molecular weight excluding hydrogens is 1020 g/mol. The lowest BCUT2D eigenvalue weighted by atomic mass is 9.72. The Labute approximate surface area is 454 Å². The van der Waals surface area contributed by atoms with Crippen molar-refractivity contribution in [1.29, 1.82) is 0 Å². The first-order chi connectivity index (χ1) is 36.1. The first-order valence-corrected chi connectivity index (χ1v) is 27.6. The van der Waals surface area contributed by atoms with E-state index in [4.69, 9.17) is 22.9 Å². The molecule has 3 rings (SSSR count). The van der Waals surface area contributed by atoms with Gasteiger partial charge in [0.1, 0.15) is 49.0 Å². The van der Waals surface area contributed by atoms with E-state index >= 15 is 9.59 Å². The fraction of sp³-hybridized carbons (Fsp3) is 0.653. The normalized spacial score (nSPS) is 20.0. The topological polar surface area (TPSA) is 376 Å². The van der Waals surface area contributed by atoms with Gasteiger partial charge in [-0.05, 0) is 106 Å². The van der Waals surface area contributed by atoms with Crippen molar-refractivity contribution in [3.63, 3.8) is 0 Å². The monoisotopic (exact) mass is 1100 g/mol. The predicted molar refractivity (Wildman–Crippen MR) is 293 cm³/mol. The summed E-state index contributed by atoms with van der Waals surface area (Å²) in [6, 6.07) is -2.25. The van der Waals surface area contributed by atoms with Crippen LogP contribution in [0.4, 0.5) is 0 Å². The number of aliphatic imine (C=N–C) groups is 2. The smallest absolute Gasteiger partial charge is 0.242 e. The number of benzene rings is 1. The highest BCUT2D eigenvalue weighted by Gasteiger charge is 2.65. The zero-order chi connectivity index (χ0) is 56.7. The first-order valence-electron chi connectivity index (χ1n) is 25.5. The number of aldehydes is 4. The Bertz CT molecular complexity index is 2170. The second-order valence-electron chi connectivity index (χ2n) is 19.8. The number of phenolic OH excluding ortho intramolecular Hbond substituents is 1. The van der Waals surface area contributed by atoms with Gasteiger partial charge in [0, 0.05) is 25.4 Å². The Balaban J connectivity index is 2.08. The van der Waals surface area contributed by atoms with E-state index in [1.807, 2.05) is 20.1 Å². The molecule has 424 valence electrons. The summed E-state index contributed by atoms with van der Waals surface area (Å²) in [6.45, 7) is 8.81. The van der Waals surface area contributed by atoms with Crippen LogP contribution in [-0.4, -0.2) is 189 Å². The summed E-state index contributed by atoms with van der Waals surface area (Å²) in [7, 11) is 0. The van der Waals surface area contributed by atoms with Crippen molar-refractivity contribution >= 4 is 90.7 Å². The van der Waals surface area contributed by atoms with E-state index in [0.717, 1.165) is 0 Å². The Morgan fingerprint density at radius 3 is 2.05 bits per heavy atom. The number of aromatic hydroxyl groups is 1. The number of rotatable bonds is 37. The molecule has 2 fully saturated rings. The van der Waals surface area contributed by atoms with Crippen LogP contribution in [0, 0.1) is 11.8 Å². The van der Waals surface area contributed by atoms with Gasteiger partial charge in [0.25, 0.3) is 0 Å². The van der Waals surface area contributed by atoms with Gasteiger partial charge in [-0.3, -0.25) is 34.0 Å². The lowest BCUT2D eigenvalue weighted by molar-refractivity contribution is -0.182. The van der Waals surface area contributed by atoms with Gasteiger partial charge < -0.3 is 62.8 Å². The van der Waals surface area contributed by atoms with Gasteiger partial charge in [0.2, 0.25) is 17.7 Å². The number of hydrogen-bond donors (Lipinski definition) is 11. The maximum atomic E-state index is 15.4. The zero-order valence-corrected chi connectivity index (χ0v) is 46.2. The maximum absolute atomic E-state index is 15.4. The minimum Gasteiger partial charge on any atom is -0.508 e. The Hall–Kier alpha value is -5.55. The number of likely N-dealkylation sites (tertiary alicyclic amines) is 1. The lowest BCUT2D eigenvalue weighted by Crippen LogP contribution is -2.82. The fourth-order valence-corrected chi connectivity index (χ4v) is 9.84. The van der Waals surface area contributed by atoms with Crippen LogP contribution in [0.5, 0.6) is 5.75 Å². The van der Waals surface area contributed by atoms with Gasteiger partial charge in [-0.15, -0.1) is 0 Å². The lowest BCUT2D eigenvalue weighted by Gasteiger charge is -2.55. The van der Waals surface area contributed by atoms with Crippen LogP contribution < -0.4 is 49.8 Å².